The second kappa shape index (κ2) is 6.60. The Morgan fingerprint density at radius 3 is 2.38 bits per heavy atom. The molecular formula is C18H27BrClN. The summed E-state index contributed by atoms with van der Waals surface area (Å²) in [6.07, 6.45) is 6.02. The van der Waals surface area contributed by atoms with E-state index >= 15 is 0 Å². The molecule has 3 heteroatoms. The van der Waals surface area contributed by atoms with Gasteiger partial charge in [0.2, 0.25) is 0 Å². The Balaban J connectivity index is 2.10. The lowest BCUT2D eigenvalue weighted by Gasteiger charge is -2.44. The van der Waals surface area contributed by atoms with Gasteiger partial charge in [0.1, 0.15) is 0 Å². The highest BCUT2D eigenvalue weighted by Gasteiger charge is 2.38. The van der Waals surface area contributed by atoms with Crippen LogP contribution in [0.5, 0.6) is 0 Å². The summed E-state index contributed by atoms with van der Waals surface area (Å²) < 4.78 is 1.04. The highest BCUT2D eigenvalue weighted by molar-refractivity contribution is 9.10. The molecule has 0 aromatic heterocycles. The summed E-state index contributed by atoms with van der Waals surface area (Å²) in [7, 11) is 0. The lowest BCUT2D eigenvalue weighted by atomic mass is 9.62. The van der Waals surface area contributed by atoms with Crippen molar-refractivity contribution in [2.24, 2.45) is 22.5 Å². The topological polar surface area (TPSA) is 26.0 Å². The van der Waals surface area contributed by atoms with E-state index in [1.807, 2.05) is 6.07 Å². The van der Waals surface area contributed by atoms with Crippen LogP contribution in [-0.4, -0.2) is 6.54 Å². The molecule has 21 heavy (non-hydrogen) atoms. The Hall–Kier alpha value is -0.0500. The molecule has 1 aromatic carbocycles. The number of rotatable bonds is 3. The average molecular weight is 373 g/mol. The summed E-state index contributed by atoms with van der Waals surface area (Å²) in [5.41, 5.74) is 8.05. The molecule has 0 aliphatic heterocycles. The van der Waals surface area contributed by atoms with Crippen LogP contribution in [0, 0.1) is 16.7 Å². The number of benzene rings is 1. The number of hydrogen-bond donors (Lipinski definition) is 1. The van der Waals surface area contributed by atoms with Gasteiger partial charge in [-0.2, -0.15) is 0 Å². The Kier molecular flexibility index (Phi) is 5.44. The first-order valence-corrected chi connectivity index (χ1v) is 9.07. The van der Waals surface area contributed by atoms with Crippen molar-refractivity contribution in [3.63, 3.8) is 0 Å². The van der Waals surface area contributed by atoms with E-state index in [0.29, 0.717) is 5.41 Å². The second-order valence-electron chi connectivity index (χ2n) is 7.76. The summed E-state index contributed by atoms with van der Waals surface area (Å²) in [5.74, 6) is 0.817. The van der Waals surface area contributed by atoms with Crippen LogP contribution in [0.1, 0.15) is 52.0 Å². The zero-order chi connectivity index (χ0) is 15.7. The third-order valence-electron chi connectivity index (χ3n) is 5.28. The molecule has 2 N–H and O–H groups in total. The van der Waals surface area contributed by atoms with E-state index < -0.39 is 0 Å². The molecule has 0 heterocycles. The third-order valence-corrected chi connectivity index (χ3v) is 6.13. The molecule has 1 aromatic rings. The molecule has 1 fully saturated rings. The smallest absolute Gasteiger partial charge is 0.0449 e. The summed E-state index contributed by atoms with van der Waals surface area (Å²) in [4.78, 5) is 0. The Morgan fingerprint density at radius 2 is 1.90 bits per heavy atom. The van der Waals surface area contributed by atoms with Crippen molar-refractivity contribution in [2.75, 3.05) is 6.54 Å². The molecular weight excluding hydrogens is 346 g/mol. The van der Waals surface area contributed by atoms with Crippen molar-refractivity contribution >= 4 is 27.5 Å². The predicted octanol–water partition coefficient (Wildman–Crippen LogP) is 5.83. The fourth-order valence-electron chi connectivity index (χ4n) is 3.62. The summed E-state index contributed by atoms with van der Waals surface area (Å²) in [6.45, 7) is 7.84. The highest BCUT2D eigenvalue weighted by Crippen LogP contribution is 2.47. The molecule has 2 rings (SSSR count). The van der Waals surface area contributed by atoms with Crippen LogP contribution in [0.25, 0.3) is 0 Å². The van der Waals surface area contributed by atoms with Gasteiger partial charge in [0.15, 0.2) is 0 Å². The molecule has 1 saturated carbocycles. The van der Waals surface area contributed by atoms with Crippen LogP contribution in [0.15, 0.2) is 22.7 Å². The van der Waals surface area contributed by atoms with Gasteiger partial charge in [-0.1, -0.05) is 54.4 Å². The molecule has 0 spiro atoms. The van der Waals surface area contributed by atoms with Crippen molar-refractivity contribution in [2.45, 2.75) is 52.9 Å². The standard InChI is InChI=1S/C18H27BrClN/c1-17(2,3)14-6-8-18(12-21,9-7-14)11-13-4-5-15(19)10-16(13)20/h4-5,10,14H,6-9,11-12,21H2,1-3H3. The van der Waals surface area contributed by atoms with Gasteiger partial charge in [-0.05, 0) is 73.1 Å². The van der Waals surface area contributed by atoms with Gasteiger partial charge < -0.3 is 5.73 Å². The first kappa shape index (κ1) is 17.3. The third kappa shape index (κ3) is 4.24. The van der Waals surface area contributed by atoms with Gasteiger partial charge in [-0.15, -0.1) is 0 Å². The van der Waals surface area contributed by atoms with Gasteiger partial charge in [-0.25, -0.2) is 0 Å². The largest absolute Gasteiger partial charge is 0.330 e. The van der Waals surface area contributed by atoms with Crippen molar-refractivity contribution in [3.05, 3.63) is 33.3 Å². The summed E-state index contributed by atoms with van der Waals surface area (Å²) in [5, 5.41) is 0.857. The van der Waals surface area contributed by atoms with Gasteiger partial charge in [0, 0.05) is 9.50 Å². The lowest BCUT2D eigenvalue weighted by molar-refractivity contribution is 0.0926. The van der Waals surface area contributed by atoms with E-state index in [2.05, 4.69) is 48.8 Å². The van der Waals surface area contributed by atoms with E-state index in [4.69, 9.17) is 17.3 Å². The molecule has 0 saturated heterocycles. The van der Waals surface area contributed by atoms with Crippen LogP contribution >= 0.6 is 27.5 Å². The number of halogens is 2. The minimum absolute atomic E-state index is 0.235. The second-order valence-corrected chi connectivity index (χ2v) is 9.08. The minimum Gasteiger partial charge on any atom is -0.330 e. The van der Waals surface area contributed by atoms with Gasteiger partial charge in [-0.3, -0.25) is 0 Å². The Bertz CT molecular complexity index is 484. The molecule has 0 amide bonds. The fraction of sp³-hybridized carbons (Fsp3) is 0.667. The Morgan fingerprint density at radius 1 is 1.29 bits per heavy atom. The maximum atomic E-state index is 6.40. The van der Waals surface area contributed by atoms with Crippen LogP contribution in [-0.2, 0) is 6.42 Å². The highest BCUT2D eigenvalue weighted by atomic mass is 79.9. The first-order valence-electron chi connectivity index (χ1n) is 7.90. The Labute approximate surface area is 142 Å². The maximum absolute atomic E-state index is 6.40. The van der Waals surface area contributed by atoms with Crippen molar-refractivity contribution in [1.29, 1.82) is 0 Å². The van der Waals surface area contributed by atoms with Gasteiger partial charge >= 0.3 is 0 Å². The fourth-order valence-corrected chi connectivity index (χ4v) is 4.36. The van der Waals surface area contributed by atoms with E-state index in [1.165, 1.54) is 31.2 Å². The van der Waals surface area contributed by atoms with Crippen LogP contribution in [0.3, 0.4) is 0 Å². The van der Waals surface area contributed by atoms with Gasteiger partial charge in [0.25, 0.3) is 0 Å². The molecule has 1 aliphatic rings. The zero-order valence-corrected chi connectivity index (χ0v) is 15.7. The lowest BCUT2D eigenvalue weighted by Crippen LogP contribution is -2.39. The summed E-state index contributed by atoms with van der Waals surface area (Å²) in [6, 6.07) is 6.20. The van der Waals surface area contributed by atoms with Crippen LogP contribution in [0.4, 0.5) is 0 Å². The maximum Gasteiger partial charge on any atom is 0.0449 e. The number of nitrogens with two attached hydrogens (primary N) is 1. The first-order chi connectivity index (χ1) is 9.76. The van der Waals surface area contributed by atoms with Crippen molar-refractivity contribution in [1.82, 2.24) is 0 Å². The van der Waals surface area contributed by atoms with E-state index in [1.54, 1.807) is 0 Å². The average Bonchev–Trinajstić information content (AvgIpc) is 2.41. The molecule has 0 radical (unpaired) electrons. The van der Waals surface area contributed by atoms with Crippen LogP contribution in [0.2, 0.25) is 5.02 Å². The molecule has 1 nitrogen and oxygen atoms in total. The minimum atomic E-state index is 0.235. The SMILES string of the molecule is CC(C)(C)C1CCC(CN)(Cc2ccc(Br)cc2Cl)CC1. The van der Waals surface area contributed by atoms with E-state index in [0.717, 1.165) is 28.4 Å². The molecule has 1 aliphatic carbocycles. The molecule has 0 atom stereocenters. The molecule has 0 unspecified atom stereocenters. The van der Waals surface area contributed by atoms with E-state index in [9.17, 15) is 0 Å². The number of hydrogen-bond acceptors (Lipinski definition) is 1. The van der Waals surface area contributed by atoms with Crippen LogP contribution < -0.4 is 5.73 Å². The molecule has 118 valence electrons. The molecule has 0 bridgehead atoms. The van der Waals surface area contributed by atoms with E-state index in [-0.39, 0.29) is 5.41 Å². The van der Waals surface area contributed by atoms with Crippen molar-refractivity contribution in [3.8, 4) is 0 Å². The normalized spacial score (nSPS) is 26.9. The predicted molar refractivity (Wildman–Crippen MR) is 95.8 cm³/mol. The monoisotopic (exact) mass is 371 g/mol. The van der Waals surface area contributed by atoms with Gasteiger partial charge in [0.05, 0.1) is 0 Å². The zero-order valence-electron chi connectivity index (χ0n) is 13.4. The quantitative estimate of drug-likeness (QED) is 0.710. The summed E-state index contributed by atoms with van der Waals surface area (Å²) >= 11 is 9.87. The van der Waals surface area contributed by atoms with Crippen molar-refractivity contribution < 1.29 is 0 Å².